The Balaban J connectivity index is 1.30. The first-order chi connectivity index (χ1) is 19.3. The van der Waals surface area contributed by atoms with Gasteiger partial charge in [0, 0.05) is 35.7 Å². The van der Waals surface area contributed by atoms with Gasteiger partial charge in [0.1, 0.15) is 23.3 Å². The molecular weight excluding hydrogens is 508 g/mol. The SMILES string of the molecule is COc1ccc(C(=O)/C=C(/C)NC(Cc2ccc(OCCc3nc(-c4ccccc4)oc3C)cc2)C(=O)O)cc1. The summed E-state index contributed by atoms with van der Waals surface area (Å²) in [4.78, 5) is 29.0. The van der Waals surface area contributed by atoms with Crippen molar-refractivity contribution in [3.63, 3.8) is 0 Å². The van der Waals surface area contributed by atoms with Crippen LogP contribution >= 0.6 is 0 Å². The van der Waals surface area contributed by atoms with E-state index in [1.807, 2.05) is 61.5 Å². The van der Waals surface area contributed by atoms with Crippen LogP contribution in [0.25, 0.3) is 11.5 Å². The van der Waals surface area contributed by atoms with E-state index in [-0.39, 0.29) is 12.2 Å². The van der Waals surface area contributed by atoms with E-state index in [1.54, 1.807) is 38.3 Å². The van der Waals surface area contributed by atoms with E-state index in [0.29, 0.717) is 41.7 Å². The van der Waals surface area contributed by atoms with Crippen LogP contribution in [-0.2, 0) is 17.6 Å². The molecule has 0 fully saturated rings. The van der Waals surface area contributed by atoms with Crippen molar-refractivity contribution < 1.29 is 28.6 Å². The number of aromatic nitrogens is 1. The van der Waals surface area contributed by atoms with Crippen LogP contribution in [0.5, 0.6) is 11.5 Å². The fourth-order valence-electron chi connectivity index (χ4n) is 4.14. The first kappa shape index (κ1) is 28.2. The monoisotopic (exact) mass is 540 g/mol. The summed E-state index contributed by atoms with van der Waals surface area (Å²) in [7, 11) is 1.56. The second kappa shape index (κ2) is 13.3. The molecule has 0 aliphatic rings. The Bertz CT molecular complexity index is 1460. The van der Waals surface area contributed by atoms with Gasteiger partial charge in [-0.15, -0.1) is 0 Å². The molecule has 4 rings (SSSR count). The molecule has 8 nitrogen and oxygen atoms in total. The van der Waals surface area contributed by atoms with Gasteiger partial charge >= 0.3 is 5.97 Å². The van der Waals surface area contributed by atoms with Crippen LogP contribution in [0, 0.1) is 6.92 Å². The smallest absolute Gasteiger partial charge is 0.326 e. The Morgan fingerprint density at radius 3 is 2.33 bits per heavy atom. The van der Waals surface area contributed by atoms with Gasteiger partial charge in [-0.3, -0.25) is 4.79 Å². The standard InChI is InChI=1S/C32H32N2O6/c1-21(19-30(35)24-11-15-26(38-3)16-12-24)33-29(32(36)37)20-23-9-13-27(14-10-23)39-18-17-28-22(2)40-31(34-28)25-7-5-4-6-8-25/h4-16,19,29,33H,17-18,20H2,1-3H3,(H,36,37)/b21-19-. The number of allylic oxidation sites excluding steroid dienone is 2. The van der Waals surface area contributed by atoms with Crippen LogP contribution < -0.4 is 14.8 Å². The lowest BCUT2D eigenvalue weighted by atomic mass is 10.0. The third kappa shape index (κ3) is 7.60. The van der Waals surface area contributed by atoms with Crippen molar-refractivity contribution in [2.24, 2.45) is 0 Å². The van der Waals surface area contributed by atoms with Crippen molar-refractivity contribution in [3.8, 4) is 23.0 Å². The molecule has 40 heavy (non-hydrogen) atoms. The highest BCUT2D eigenvalue weighted by Gasteiger charge is 2.18. The molecule has 2 N–H and O–H groups in total. The fourth-order valence-corrected chi connectivity index (χ4v) is 4.14. The van der Waals surface area contributed by atoms with Gasteiger partial charge < -0.3 is 24.3 Å². The van der Waals surface area contributed by atoms with Gasteiger partial charge in [0.05, 0.1) is 19.4 Å². The maximum atomic E-state index is 12.5. The molecule has 1 unspecified atom stereocenters. The minimum atomic E-state index is -1.01. The second-order valence-electron chi connectivity index (χ2n) is 9.29. The van der Waals surface area contributed by atoms with Crippen molar-refractivity contribution >= 4 is 11.8 Å². The number of carbonyl (C=O) groups is 2. The van der Waals surface area contributed by atoms with Crippen LogP contribution in [0.2, 0.25) is 0 Å². The summed E-state index contributed by atoms with van der Waals surface area (Å²) >= 11 is 0. The van der Waals surface area contributed by atoms with Crippen molar-refractivity contribution in [2.45, 2.75) is 32.7 Å². The van der Waals surface area contributed by atoms with Gasteiger partial charge in [-0.25, -0.2) is 9.78 Å². The third-order valence-corrected chi connectivity index (χ3v) is 6.31. The van der Waals surface area contributed by atoms with E-state index in [2.05, 4.69) is 10.3 Å². The van der Waals surface area contributed by atoms with E-state index >= 15 is 0 Å². The molecule has 0 spiro atoms. The summed E-state index contributed by atoms with van der Waals surface area (Å²) in [6.45, 7) is 3.99. The topological polar surface area (TPSA) is 111 Å². The largest absolute Gasteiger partial charge is 0.497 e. The van der Waals surface area contributed by atoms with Gasteiger partial charge in [-0.2, -0.15) is 0 Å². The van der Waals surface area contributed by atoms with Gasteiger partial charge in [0.2, 0.25) is 5.89 Å². The molecule has 0 radical (unpaired) electrons. The summed E-state index contributed by atoms with van der Waals surface area (Å²) in [6, 6.07) is 22.9. The molecule has 3 aromatic carbocycles. The number of rotatable bonds is 13. The van der Waals surface area contributed by atoms with E-state index in [9.17, 15) is 14.7 Å². The molecule has 0 aliphatic carbocycles. The third-order valence-electron chi connectivity index (χ3n) is 6.31. The molecule has 0 saturated heterocycles. The lowest BCUT2D eigenvalue weighted by Gasteiger charge is -2.16. The first-order valence-electron chi connectivity index (χ1n) is 12.9. The van der Waals surface area contributed by atoms with E-state index in [4.69, 9.17) is 13.9 Å². The zero-order valence-corrected chi connectivity index (χ0v) is 22.7. The minimum Gasteiger partial charge on any atom is -0.497 e. The predicted molar refractivity (Wildman–Crippen MR) is 152 cm³/mol. The number of carboxylic acids is 1. The number of oxazole rings is 1. The molecule has 8 heteroatoms. The number of ketones is 1. The summed E-state index contributed by atoms with van der Waals surface area (Å²) < 4.78 is 16.8. The molecule has 0 aliphatic heterocycles. The predicted octanol–water partition coefficient (Wildman–Crippen LogP) is 5.65. The van der Waals surface area contributed by atoms with E-state index in [0.717, 1.165) is 22.6 Å². The Hall–Kier alpha value is -4.85. The molecular formula is C32H32N2O6. The van der Waals surface area contributed by atoms with Crippen LogP contribution in [0.1, 0.15) is 34.3 Å². The average Bonchev–Trinajstić information content (AvgIpc) is 3.34. The zero-order valence-electron chi connectivity index (χ0n) is 22.7. The average molecular weight is 541 g/mol. The maximum Gasteiger partial charge on any atom is 0.326 e. The van der Waals surface area contributed by atoms with E-state index < -0.39 is 12.0 Å². The fraction of sp³-hybridized carbons (Fsp3) is 0.219. The minimum absolute atomic E-state index is 0.226. The molecule has 0 amide bonds. The molecule has 0 saturated carbocycles. The van der Waals surface area contributed by atoms with Crippen LogP contribution in [0.15, 0.2) is 95.1 Å². The van der Waals surface area contributed by atoms with Crippen LogP contribution in [0.4, 0.5) is 0 Å². The number of benzene rings is 3. The highest BCUT2D eigenvalue weighted by atomic mass is 16.5. The van der Waals surface area contributed by atoms with Crippen LogP contribution in [-0.4, -0.2) is 41.6 Å². The number of carboxylic acid groups (broad SMARTS) is 1. The lowest BCUT2D eigenvalue weighted by molar-refractivity contribution is -0.139. The highest BCUT2D eigenvalue weighted by molar-refractivity contribution is 6.04. The maximum absolute atomic E-state index is 12.5. The van der Waals surface area contributed by atoms with Crippen molar-refractivity contribution in [1.29, 1.82) is 0 Å². The number of methoxy groups -OCH3 is 1. The molecule has 0 bridgehead atoms. The van der Waals surface area contributed by atoms with Crippen LogP contribution in [0.3, 0.4) is 0 Å². The number of aliphatic carboxylic acids is 1. The molecule has 4 aromatic rings. The normalized spacial score (nSPS) is 12.0. The summed E-state index contributed by atoms with van der Waals surface area (Å²) in [5.74, 6) is 1.45. The van der Waals surface area contributed by atoms with Gasteiger partial charge in [-0.1, -0.05) is 30.3 Å². The van der Waals surface area contributed by atoms with Gasteiger partial charge in [-0.05, 0) is 67.9 Å². The number of nitrogens with zero attached hydrogens (tertiary/aromatic N) is 1. The van der Waals surface area contributed by atoms with Crippen molar-refractivity contribution in [1.82, 2.24) is 10.3 Å². The van der Waals surface area contributed by atoms with Gasteiger partial charge in [0.25, 0.3) is 0 Å². The first-order valence-corrected chi connectivity index (χ1v) is 12.9. The van der Waals surface area contributed by atoms with E-state index in [1.165, 1.54) is 6.08 Å². The van der Waals surface area contributed by atoms with Crippen molar-refractivity contribution in [2.75, 3.05) is 13.7 Å². The number of ether oxygens (including phenoxy) is 2. The highest BCUT2D eigenvalue weighted by Crippen LogP contribution is 2.22. The molecule has 206 valence electrons. The quantitative estimate of drug-likeness (QED) is 0.165. The lowest BCUT2D eigenvalue weighted by Crippen LogP contribution is -2.37. The Morgan fingerprint density at radius 2 is 1.68 bits per heavy atom. The summed E-state index contributed by atoms with van der Waals surface area (Å²) in [6.07, 6.45) is 2.22. The van der Waals surface area contributed by atoms with Crippen molar-refractivity contribution in [3.05, 3.63) is 113 Å². The zero-order chi connectivity index (χ0) is 28.5. The summed E-state index contributed by atoms with van der Waals surface area (Å²) in [5.41, 5.74) is 3.55. The number of nitrogens with one attached hydrogen (secondary N) is 1. The number of hydrogen-bond acceptors (Lipinski definition) is 7. The Kier molecular flexibility index (Phi) is 9.35. The number of hydrogen-bond donors (Lipinski definition) is 2. The Labute approximate surface area is 233 Å². The number of aryl methyl sites for hydroxylation is 1. The summed E-state index contributed by atoms with van der Waals surface area (Å²) in [5, 5.41) is 12.7. The number of carbonyl (C=O) groups excluding carboxylic acids is 1. The molecule has 1 heterocycles. The second-order valence-corrected chi connectivity index (χ2v) is 9.29. The van der Waals surface area contributed by atoms with Gasteiger partial charge in [0.15, 0.2) is 5.78 Å². The molecule has 1 atom stereocenters. The Morgan fingerprint density at radius 1 is 1.00 bits per heavy atom. The molecule has 1 aromatic heterocycles.